The predicted molar refractivity (Wildman–Crippen MR) is 69.1 cm³/mol. The van der Waals surface area contributed by atoms with Crippen molar-refractivity contribution in [1.82, 2.24) is 0 Å². The van der Waals surface area contributed by atoms with Crippen LogP contribution in [0.1, 0.15) is 27.2 Å². The molecule has 3 nitrogen and oxygen atoms in total. The molecule has 0 aliphatic rings. The van der Waals surface area contributed by atoms with E-state index in [0.29, 0.717) is 17.4 Å². The molecule has 0 heterocycles. The van der Waals surface area contributed by atoms with Crippen molar-refractivity contribution in [2.24, 2.45) is 5.92 Å². The van der Waals surface area contributed by atoms with Crippen molar-refractivity contribution >= 4 is 9.84 Å². The minimum atomic E-state index is -3.10. The molecule has 0 radical (unpaired) electrons. The Bertz CT molecular complexity index is 432. The lowest BCUT2D eigenvalue weighted by molar-refractivity contribution is 0.289. The summed E-state index contributed by atoms with van der Waals surface area (Å²) in [5.41, 5.74) is 0. The Labute approximate surface area is 104 Å². The molecule has 1 rings (SSSR count). The molecule has 0 aromatic heterocycles. The summed E-state index contributed by atoms with van der Waals surface area (Å²) in [6.45, 7) is 6.58. The molecule has 0 amide bonds. The molecule has 0 aliphatic carbocycles. The van der Waals surface area contributed by atoms with E-state index in [0.717, 1.165) is 12.2 Å². The highest BCUT2D eigenvalue weighted by Gasteiger charge is 2.10. The minimum Gasteiger partial charge on any atom is -0.494 e. The Balaban J connectivity index is 2.63. The zero-order valence-corrected chi connectivity index (χ0v) is 11.5. The van der Waals surface area contributed by atoms with Gasteiger partial charge in [0.25, 0.3) is 0 Å². The summed E-state index contributed by atoms with van der Waals surface area (Å²) in [4.78, 5) is 0.358. The van der Waals surface area contributed by atoms with Gasteiger partial charge in [0.15, 0.2) is 9.84 Å². The standard InChI is InChI=1S/C13H20O3S/c1-4-17(14,15)13-7-5-12(6-8-13)16-10-9-11(2)3/h5-8,11H,4,9-10H2,1-3H3. The number of hydrogen-bond donors (Lipinski definition) is 0. The molecule has 0 aliphatic heterocycles. The quantitative estimate of drug-likeness (QED) is 0.786. The first-order valence-corrected chi connectivity index (χ1v) is 7.56. The maximum atomic E-state index is 11.6. The van der Waals surface area contributed by atoms with Gasteiger partial charge in [-0.15, -0.1) is 0 Å². The van der Waals surface area contributed by atoms with Crippen LogP contribution in [0, 0.1) is 5.92 Å². The molecule has 0 N–H and O–H groups in total. The third-order valence-electron chi connectivity index (χ3n) is 2.53. The first-order chi connectivity index (χ1) is 7.95. The van der Waals surface area contributed by atoms with Crippen molar-refractivity contribution < 1.29 is 13.2 Å². The summed E-state index contributed by atoms with van der Waals surface area (Å²) < 4.78 is 28.7. The Morgan fingerprint density at radius 1 is 1.18 bits per heavy atom. The lowest BCUT2D eigenvalue weighted by Gasteiger charge is -2.08. The first kappa shape index (κ1) is 14.0. The number of hydrogen-bond acceptors (Lipinski definition) is 3. The largest absolute Gasteiger partial charge is 0.494 e. The molecule has 17 heavy (non-hydrogen) atoms. The van der Waals surface area contributed by atoms with Gasteiger partial charge in [0.1, 0.15) is 5.75 Å². The van der Waals surface area contributed by atoms with Crippen LogP contribution >= 0.6 is 0 Å². The molecule has 0 atom stereocenters. The number of benzene rings is 1. The maximum absolute atomic E-state index is 11.6. The second-order valence-corrected chi connectivity index (χ2v) is 6.68. The van der Waals surface area contributed by atoms with Gasteiger partial charge in [0.2, 0.25) is 0 Å². The average molecular weight is 256 g/mol. The molecule has 0 spiro atoms. The molecule has 1 aromatic carbocycles. The third kappa shape index (κ3) is 4.38. The lowest BCUT2D eigenvalue weighted by Crippen LogP contribution is -2.04. The predicted octanol–water partition coefficient (Wildman–Crippen LogP) is 2.91. The van der Waals surface area contributed by atoms with Gasteiger partial charge in [-0.05, 0) is 36.6 Å². The topological polar surface area (TPSA) is 43.4 Å². The van der Waals surface area contributed by atoms with E-state index in [4.69, 9.17) is 4.74 Å². The van der Waals surface area contributed by atoms with Crippen LogP contribution in [0.5, 0.6) is 5.75 Å². The van der Waals surface area contributed by atoms with Crippen LogP contribution in [-0.4, -0.2) is 20.8 Å². The van der Waals surface area contributed by atoms with E-state index in [1.165, 1.54) is 0 Å². The van der Waals surface area contributed by atoms with E-state index in [-0.39, 0.29) is 5.75 Å². The molecule has 4 heteroatoms. The number of rotatable bonds is 6. The molecule has 0 fully saturated rings. The SMILES string of the molecule is CCS(=O)(=O)c1ccc(OCCC(C)C)cc1. The van der Waals surface area contributed by atoms with Crippen LogP contribution in [0.2, 0.25) is 0 Å². The van der Waals surface area contributed by atoms with E-state index in [2.05, 4.69) is 13.8 Å². The summed E-state index contributed by atoms with van der Waals surface area (Å²) in [7, 11) is -3.10. The van der Waals surface area contributed by atoms with Crippen molar-refractivity contribution in [1.29, 1.82) is 0 Å². The highest BCUT2D eigenvalue weighted by Crippen LogP contribution is 2.17. The fourth-order valence-corrected chi connectivity index (χ4v) is 2.21. The van der Waals surface area contributed by atoms with Gasteiger partial charge >= 0.3 is 0 Å². The Kier molecular flexibility index (Phi) is 5.00. The van der Waals surface area contributed by atoms with Crippen molar-refractivity contribution in [2.75, 3.05) is 12.4 Å². The Hall–Kier alpha value is -1.03. The van der Waals surface area contributed by atoms with Crippen LogP contribution in [0.15, 0.2) is 29.2 Å². The highest BCUT2D eigenvalue weighted by atomic mass is 32.2. The van der Waals surface area contributed by atoms with Gasteiger partial charge in [-0.2, -0.15) is 0 Å². The van der Waals surface area contributed by atoms with E-state index in [1.54, 1.807) is 31.2 Å². The van der Waals surface area contributed by atoms with E-state index < -0.39 is 9.84 Å². The molecular formula is C13H20O3S. The summed E-state index contributed by atoms with van der Waals surface area (Å²) in [5, 5.41) is 0. The monoisotopic (exact) mass is 256 g/mol. The van der Waals surface area contributed by atoms with Crippen LogP contribution in [-0.2, 0) is 9.84 Å². The average Bonchev–Trinajstić information content (AvgIpc) is 2.29. The second-order valence-electron chi connectivity index (χ2n) is 4.41. The zero-order chi connectivity index (χ0) is 12.9. The van der Waals surface area contributed by atoms with Gasteiger partial charge < -0.3 is 4.74 Å². The highest BCUT2D eigenvalue weighted by molar-refractivity contribution is 7.91. The molecule has 0 unspecified atom stereocenters. The van der Waals surface area contributed by atoms with Crippen molar-refractivity contribution in [3.05, 3.63) is 24.3 Å². The number of ether oxygens (including phenoxy) is 1. The molecule has 0 bridgehead atoms. The van der Waals surface area contributed by atoms with Gasteiger partial charge in [-0.1, -0.05) is 20.8 Å². The molecule has 0 saturated heterocycles. The maximum Gasteiger partial charge on any atom is 0.178 e. The molecule has 96 valence electrons. The fourth-order valence-electron chi connectivity index (χ4n) is 1.32. The van der Waals surface area contributed by atoms with Crippen LogP contribution in [0.4, 0.5) is 0 Å². The minimum absolute atomic E-state index is 0.126. The van der Waals surface area contributed by atoms with Crippen LogP contribution in [0.3, 0.4) is 0 Å². The van der Waals surface area contributed by atoms with E-state index in [9.17, 15) is 8.42 Å². The van der Waals surface area contributed by atoms with Gasteiger partial charge in [-0.3, -0.25) is 0 Å². The third-order valence-corrected chi connectivity index (χ3v) is 4.28. The van der Waals surface area contributed by atoms with Crippen molar-refractivity contribution in [2.45, 2.75) is 32.1 Å². The van der Waals surface area contributed by atoms with Crippen LogP contribution in [0.25, 0.3) is 0 Å². The Morgan fingerprint density at radius 3 is 2.24 bits per heavy atom. The first-order valence-electron chi connectivity index (χ1n) is 5.91. The van der Waals surface area contributed by atoms with Crippen molar-refractivity contribution in [3.63, 3.8) is 0 Å². The molecule has 1 aromatic rings. The van der Waals surface area contributed by atoms with E-state index in [1.807, 2.05) is 0 Å². The van der Waals surface area contributed by atoms with E-state index >= 15 is 0 Å². The number of sulfone groups is 1. The summed E-state index contributed by atoms with van der Waals surface area (Å²) >= 11 is 0. The molecule has 0 saturated carbocycles. The summed E-state index contributed by atoms with van der Waals surface area (Å²) in [5.74, 6) is 1.45. The van der Waals surface area contributed by atoms with Crippen molar-refractivity contribution in [3.8, 4) is 5.75 Å². The van der Waals surface area contributed by atoms with Gasteiger partial charge in [0, 0.05) is 0 Å². The van der Waals surface area contributed by atoms with Crippen LogP contribution < -0.4 is 4.74 Å². The smallest absolute Gasteiger partial charge is 0.178 e. The zero-order valence-electron chi connectivity index (χ0n) is 10.6. The van der Waals surface area contributed by atoms with Gasteiger partial charge in [-0.25, -0.2) is 8.42 Å². The van der Waals surface area contributed by atoms with Gasteiger partial charge in [0.05, 0.1) is 17.3 Å². The lowest BCUT2D eigenvalue weighted by atomic mass is 10.1. The normalized spacial score (nSPS) is 11.8. The summed E-state index contributed by atoms with van der Waals surface area (Å²) in [6, 6.07) is 6.62. The Morgan fingerprint density at radius 2 is 1.76 bits per heavy atom. The second kappa shape index (κ2) is 6.05. The summed E-state index contributed by atoms with van der Waals surface area (Å²) in [6.07, 6.45) is 0.995. The fraction of sp³-hybridized carbons (Fsp3) is 0.538. The molecular weight excluding hydrogens is 236 g/mol.